The van der Waals surface area contributed by atoms with Gasteiger partial charge in [-0.2, -0.15) is 0 Å². The van der Waals surface area contributed by atoms with Gasteiger partial charge in [0, 0.05) is 24.2 Å². The van der Waals surface area contributed by atoms with Gasteiger partial charge in [-0.15, -0.1) is 0 Å². The van der Waals surface area contributed by atoms with Gasteiger partial charge >= 0.3 is 0 Å². The largest absolute Gasteiger partial charge is 0.396 e. The van der Waals surface area contributed by atoms with E-state index < -0.39 is 4.92 Å². The molecule has 1 aromatic rings. The summed E-state index contributed by atoms with van der Waals surface area (Å²) in [4.78, 5) is 17.2. The summed E-state index contributed by atoms with van der Waals surface area (Å²) in [5, 5.41) is 14.3. The van der Waals surface area contributed by atoms with Crippen LogP contribution in [0.5, 0.6) is 0 Å². The van der Waals surface area contributed by atoms with E-state index in [1.165, 1.54) is 18.3 Å². The normalized spacial score (nSPS) is 11.1. The maximum atomic E-state index is 10.6. The van der Waals surface area contributed by atoms with E-state index in [0.717, 1.165) is 13.0 Å². The van der Waals surface area contributed by atoms with Crippen LogP contribution in [0.1, 0.15) is 12.0 Å². The Morgan fingerprint density at radius 1 is 1.50 bits per heavy atom. The van der Waals surface area contributed by atoms with Crippen molar-refractivity contribution in [3.05, 3.63) is 39.9 Å². The average molecular weight is 251 g/mol. The molecule has 0 fully saturated rings. The maximum Gasteiger partial charge on any atom is 0.270 e. The van der Waals surface area contributed by atoms with Crippen molar-refractivity contribution in [3.8, 4) is 0 Å². The highest BCUT2D eigenvalue weighted by atomic mass is 16.6. The number of benzene rings is 1. The van der Waals surface area contributed by atoms with Gasteiger partial charge in [-0.05, 0) is 20.5 Å². The molecule has 6 nitrogen and oxygen atoms in total. The maximum absolute atomic E-state index is 10.6. The van der Waals surface area contributed by atoms with Gasteiger partial charge in [0.25, 0.3) is 5.69 Å². The summed E-state index contributed by atoms with van der Waals surface area (Å²) in [5.41, 5.74) is 0.698. The quantitative estimate of drug-likeness (QED) is 0.321. The Morgan fingerprint density at radius 2 is 2.28 bits per heavy atom. The molecule has 6 heteroatoms. The molecule has 0 aromatic heterocycles. The number of hydrogen-bond donors (Lipinski definition) is 0. The van der Waals surface area contributed by atoms with E-state index in [-0.39, 0.29) is 5.69 Å². The number of nitrogens with zero attached hydrogens (tertiary/aromatic N) is 3. The van der Waals surface area contributed by atoms with Crippen LogP contribution in [0, 0.1) is 10.1 Å². The molecule has 18 heavy (non-hydrogen) atoms. The van der Waals surface area contributed by atoms with E-state index in [2.05, 4.69) is 10.1 Å². The molecule has 1 rings (SSSR count). The predicted molar refractivity (Wildman–Crippen MR) is 69.8 cm³/mol. The fourth-order valence-corrected chi connectivity index (χ4v) is 1.31. The number of nitro groups is 1. The van der Waals surface area contributed by atoms with Crippen LogP contribution in [0.2, 0.25) is 0 Å². The number of oxime groups is 1. The minimum absolute atomic E-state index is 0.0477. The third-order valence-electron chi connectivity index (χ3n) is 2.20. The minimum Gasteiger partial charge on any atom is -0.396 e. The molecule has 0 saturated heterocycles. The molecule has 0 saturated carbocycles. The van der Waals surface area contributed by atoms with Crippen LogP contribution in [-0.2, 0) is 4.84 Å². The summed E-state index contributed by atoms with van der Waals surface area (Å²) in [7, 11) is 3.98. The molecule has 98 valence electrons. The van der Waals surface area contributed by atoms with Crippen LogP contribution in [0.3, 0.4) is 0 Å². The van der Waals surface area contributed by atoms with Crippen molar-refractivity contribution in [1.29, 1.82) is 0 Å². The molecule has 0 aliphatic heterocycles. The lowest BCUT2D eigenvalue weighted by atomic mass is 10.2. The van der Waals surface area contributed by atoms with Crippen LogP contribution in [-0.4, -0.2) is 43.3 Å². The lowest BCUT2D eigenvalue weighted by Crippen LogP contribution is -2.14. The Balaban J connectivity index is 2.37. The van der Waals surface area contributed by atoms with Gasteiger partial charge in [-0.3, -0.25) is 10.1 Å². The third-order valence-corrected chi connectivity index (χ3v) is 2.20. The highest BCUT2D eigenvalue weighted by molar-refractivity contribution is 5.80. The summed E-state index contributed by atoms with van der Waals surface area (Å²) < 4.78 is 0. The summed E-state index contributed by atoms with van der Waals surface area (Å²) in [6.45, 7) is 1.47. The SMILES string of the molecule is CN(C)CCCON=Cc1cccc([N+](=O)[O-])c1. The first-order valence-electron chi connectivity index (χ1n) is 5.64. The van der Waals surface area contributed by atoms with Crippen molar-refractivity contribution in [3.63, 3.8) is 0 Å². The molecule has 0 amide bonds. The number of hydrogen-bond acceptors (Lipinski definition) is 5. The van der Waals surface area contributed by atoms with Gasteiger partial charge in [-0.25, -0.2) is 0 Å². The smallest absolute Gasteiger partial charge is 0.270 e. The standard InChI is InChI=1S/C12H17N3O3/c1-14(2)7-4-8-18-13-10-11-5-3-6-12(9-11)15(16)17/h3,5-6,9-10H,4,7-8H2,1-2H3. The van der Waals surface area contributed by atoms with Crippen LogP contribution in [0.15, 0.2) is 29.4 Å². The molecule has 0 radical (unpaired) electrons. The molecule has 0 bridgehead atoms. The molecular weight excluding hydrogens is 234 g/mol. The molecule has 0 atom stereocenters. The van der Waals surface area contributed by atoms with Gasteiger partial charge < -0.3 is 9.74 Å². The fourth-order valence-electron chi connectivity index (χ4n) is 1.31. The van der Waals surface area contributed by atoms with Crippen LogP contribution in [0.4, 0.5) is 5.69 Å². The number of nitro benzene ring substituents is 1. The van der Waals surface area contributed by atoms with Gasteiger partial charge in [0.1, 0.15) is 6.61 Å². The van der Waals surface area contributed by atoms with Crippen LogP contribution >= 0.6 is 0 Å². The van der Waals surface area contributed by atoms with Gasteiger partial charge in [0.15, 0.2) is 0 Å². The zero-order chi connectivity index (χ0) is 13.4. The molecule has 0 heterocycles. The molecule has 0 spiro atoms. The van der Waals surface area contributed by atoms with Crippen molar-refractivity contribution in [2.45, 2.75) is 6.42 Å². The highest BCUT2D eigenvalue weighted by Gasteiger charge is 2.03. The first-order chi connectivity index (χ1) is 8.59. The first kappa shape index (κ1) is 14.1. The Morgan fingerprint density at radius 3 is 2.94 bits per heavy atom. The van der Waals surface area contributed by atoms with Crippen LogP contribution < -0.4 is 0 Å². The van der Waals surface area contributed by atoms with E-state index >= 15 is 0 Å². The van der Waals surface area contributed by atoms with Gasteiger partial charge in [0.2, 0.25) is 0 Å². The number of non-ortho nitro benzene ring substituents is 1. The highest BCUT2D eigenvalue weighted by Crippen LogP contribution is 2.11. The second-order valence-electron chi connectivity index (χ2n) is 4.08. The van der Waals surface area contributed by atoms with Crippen molar-refractivity contribution in [2.24, 2.45) is 5.16 Å². The van der Waals surface area contributed by atoms with E-state index in [0.29, 0.717) is 12.2 Å². The fraction of sp³-hybridized carbons (Fsp3) is 0.417. The molecule has 0 N–H and O–H groups in total. The second kappa shape index (κ2) is 7.39. The molecule has 0 aliphatic carbocycles. The summed E-state index contributed by atoms with van der Waals surface area (Å²) >= 11 is 0. The van der Waals surface area contributed by atoms with Crippen molar-refractivity contribution in [1.82, 2.24) is 4.90 Å². The third kappa shape index (κ3) is 5.40. The van der Waals surface area contributed by atoms with E-state index in [1.54, 1.807) is 12.1 Å². The van der Waals surface area contributed by atoms with E-state index in [1.807, 2.05) is 14.1 Å². The van der Waals surface area contributed by atoms with E-state index in [4.69, 9.17) is 4.84 Å². The lowest BCUT2D eigenvalue weighted by Gasteiger charge is -2.07. The molecule has 0 aliphatic rings. The first-order valence-corrected chi connectivity index (χ1v) is 5.64. The summed E-state index contributed by atoms with van der Waals surface area (Å²) in [5.74, 6) is 0. The Hall–Kier alpha value is -1.95. The topological polar surface area (TPSA) is 68.0 Å². The molecular formula is C12H17N3O3. The van der Waals surface area contributed by atoms with E-state index in [9.17, 15) is 10.1 Å². The zero-order valence-corrected chi connectivity index (χ0v) is 10.6. The molecule has 0 unspecified atom stereocenters. The monoisotopic (exact) mass is 251 g/mol. The second-order valence-corrected chi connectivity index (χ2v) is 4.08. The molecule has 1 aromatic carbocycles. The van der Waals surface area contributed by atoms with Gasteiger partial charge in [-0.1, -0.05) is 17.3 Å². The zero-order valence-electron chi connectivity index (χ0n) is 10.6. The average Bonchev–Trinajstić information content (AvgIpc) is 2.33. The van der Waals surface area contributed by atoms with Gasteiger partial charge in [0.05, 0.1) is 11.1 Å². The number of rotatable bonds is 7. The summed E-state index contributed by atoms with van der Waals surface area (Å²) in [6.07, 6.45) is 2.36. The minimum atomic E-state index is -0.435. The lowest BCUT2D eigenvalue weighted by molar-refractivity contribution is -0.384. The van der Waals surface area contributed by atoms with Crippen molar-refractivity contribution in [2.75, 3.05) is 27.2 Å². The van der Waals surface area contributed by atoms with Crippen molar-refractivity contribution >= 4 is 11.9 Å². The Bertz CT molecular complexity index is 419. The van der Waals surface area contributed by atoms with Crippen LogP contribution in [0.25, 0.3) is 0 Å². The Labute approximate surface area is 106 Å². The summed E-state index contributed by atoms with van der Waals surface area (Å²) in [6, 6.07) is 6.24. The predicted octanol–water partition coefficient (Wildman–Crippen LogP) is 1.90. The van der Waals surface area contributed by atoms with Crippen molar-refractivity contribution < 1.29 is 9.76 Å². The Kier molecular flexibility index (Phi) is 5.79.